The molecule has 0 bridgehead atoms. The SMILES string of the molecule is Cc1ccc2ccccc2c1.Cc1ccc2ccccc2c1C. The van der Waals surface area contributed by atoms with Gasteiger partial charge in [-0.05, 0) is 53.4 Å². The van der Waals surface area contributed by atoms with Gasteiger partial charge in [-0.15, -0.1) is 0 Å². The quantitative estimate of drug-likeness (QED) is 0.343. The summed E-state index contributed by atoms with van der Waals surface area (Å²) in [7, 11) is 0. The third kappa shape index (κ3) is 3.43. The second kappa shape index (κ2) is 6.66. The van der Waals surface area contributed by atoms with E-state index >= 15 is 0 Å². The number of benzene rings is 4. The fourth-order valence-electron chi connectivity index (χ4n) is 2.84. The van der Waals surface area contributed by atoms with Crippen molar-refractivity contribution in [3.05, 3.63) is 95.6 Å². The maximum absolute atomic E-state index is 2.20. The van der Waals surface area contributed by atoms with Gasteiger partial charge in [0.05, 0.1) is 0 Å². The van der Waals surface area contributed by atoms with Crippen LogP contribution in [0, 0.1) is 20.8 Å². The predicted octanol–water partition coefficient (Wildman–Crippen LogP) is 6.60. The van der Waals surface area contributed by atoms with Gasteiger partial charge >= 0.3 is 0 Å². The molecule has 0 radical (unpaired) electrons. The van der Waals surface area contributed by atoms with E-state index in [2.05, 4.69) is 99.6 Å². The summed E-state index contributed by atoms with van der Waals surface area (Å²) in [4.78, 5) is 0. The topological polar surface area (TPSA) is 0 Å². The number of rotatable bonds is 0. The molecule has 0 amide bonds. The molecular weight excluding hydrogens is 276 g/mol. The lowest BCUT2D eigenvalue weighted by Gasteiger charge is -2.04. The Hall–Kier alpha value is -2.60. The van der Waals surface area contributed by atoms with Crippen molar-refractivity contribution in [3.8, 4) is 0 Å². The van der Waals surface area contributed by atoms with Gasteiger partial charge in [0.25, 0.3) is 0 Å². The Kier molecular flexibility index (Phi) is 4.43. The van der Waals surface area contributed by atoms with Gasteiger partial charge in [-0.2, -0.15) is 0 Å². The van der Waals surface area contributed by atoms with Gasteiger partial charge < -0.3 is 0 Å². The van der Waals surface area contributed by atoms with Crippen molar-refractivity contribution >= 4 is 21.5 Å². The summed E-state index contributed by atoms with van der Waals surface area (Å²) in [6.07, 6.45) is 0. The van der Waals surface area contributed by atoms with Crippen molar-refractivity contribution in [1.82, 2.24) is 0 Å². The molecule has 114 valence electrons. The fraction of sp³-hybridized carbons (Fsp3) is 0.130. The van der Waals surface area contributed by atoms with Crippen molar-refractivity contribution in [2.24, 2.45) is 0 Å². The van der Waals surface area contributed by atoms with Crippen LogP contribution in [0.1, 0.15) is 16.7 Å². The monoisotopic (exact) mass is 298 g/mol. The van der Waals surface area contributed by atoms with Crippen LogP contribution in [0.25, 0.3) is 21.5 Å². The van der Waals surface area contributed by atoms with Crippen LogP contribution in [0.4, 0.5) is 0 Å². The van der Waals surface area contributed by atoms with Gasteiger partial charge in [-0.3, -0.25) is 0 Å². The zero-order valence-electron chi connectivity index (χ0n) is 14.0. The summed E-state index contributed by atoms with van der Waals surface area (Å²) in [5, 5.41) is 5.35. The Labute approximate surface area is 138 Å². The molecular formula is C23H22. The molecule has 0 heteroatoms. The molecule has 4 rings (SSSR count). The fourth-order valence-corrected chi connectivity index (χ4v) is 2.84. The third-order valence-corrected chi connectivity index (χ3v) is 4.37. The van der Waals surface area contributed by atoms with E-state index in [-0.39, 0.29) is 0 Å². The van der Waals surface area contributed by atoms with Gasteiger partial charge in [-0.1, -0.05) is 84.4 Å². The van der Waals surface area contributed by atoms with Crippen molar-refractivity contribution in [2.75, 3.05) is 0 Å². The highest BCUT2D eigenvalue weighted by atomic mass is 14.0. The van der Waals surface area contributed by atoms with Crippen molar-refractivity contribution in [1.29, 1.82) is 0 Å². The molecule has 0 atom stereocenters. The molecule has 4 aromatic rings. The molecule has 0 spiro atoms. The minimum Gasteiger partial charge on any atom is -0.0616 e. The maximum atomic E-state index is 2.20. The third-order valence-electron chi connectivity index (χ3n) is 4.37. The van der Waals surface area contributed by atoms with Crippen LogP contribution >= 0.6 is 0 Å². The average Bonchev–Trinajstić information content (AvgIpc) is 2.59. The molecule has 0 aliphatic rings. The van der Waals surface area contributed by atoms with E-state index in [4.69, 9.17) is 0 Å². The first-order chi connectivity index (χ1) is 11.1. The molecule has 0 aliphatic heterocycles. The maximum Gasteiger partial charge on any atom is -0.0152 e. The van der Waals surface area contributed by atoms with E-state index in [0.29, 0.717) is 0 Å². The molecule has 0 nitrogen and oxygen atoms in total. The standard InChI is InChI=1S/C12H12.C11H10/c1-9-7-8-11-5-3-4-6-12(11)10(9)2;1-9-6-7-10-4-2-3-5-11(10)8-9/h3-8H,1-2H3;2-8H,1H3. The zero-order chi connectivity index (χ0) is 16.2. The summed E-state index contributed by atoms with van der Waals surface area (Å²) in [5.41, 5.74) is 4.09. The largest absolute Gasteiger partial charge is 0.0616 e. The smallest absolute Gasteiger partial charge is 0.0152 e. The van der Waals surface area contributed by atoms with Crippen LogP contribution in [0.2, 0.25) is 0 Å². The summed E-state index contributed by atoms with van der Waals surface area (Å²) < 4.78 is 0. The predicted molar refractivity (Wildman–Crippen MR) is 102 cm³/mol. The lowest BCUT2D eigenvalue weighted by Crippen LogP contribution is -1.82. The summed E-state index contributed by atoms with van der Waals surface area (Å²) in [6.45, 7) is 6.45. The summed E-state index contributed by atoms with van der Waals surface area (Å²) in [6, 6.07) is 27.8. The van der Waals surface area contributed by atoms with E-state index < -0.39 is 0 Å². The highest BCUT2D eigenvalue weighted by Crippen LogP contribution is 2.20. The van der Waals surface area contributed by atoms with Crippen LogP contribution in [0.15, 0.2) is 78.9 Å². The number of hydrogen-bond donors (Lipinski definition) is 0. The molecule has 0 aliphatic carbocycles. The highest BCUT2D eigenvalue weighted by molar-refractivity contribution is 5.86. The molecule has 0 fully saturated rings. The normalized spacial score (nSPS) is 10.4. The van der Waals surface area contributed by atoms with E-state index in [1.807, 2.05) is 0 Å². The Morgan fingerprint density at radius 3 is 1.91 bits per heavy atom. The lowest BCUT2D eigenvalue weighted by molar-refractivity contribution is 1.38. The van der Waals surface area contributed by atoms with Crippen LogP contribution in [0.3, 0.4) is 0 Å². The summed E-state index contributed by atoms with van der Waals surface area (Å²) in [5.74, 6) is 0. The molecule has 0 heterocycles. The van der Waals surface area contributed by atoms with Crippen molar-refractivity contribution < 1.29 is 0 Å². The first-order valence-corrected chi connectivity index (χ1v) is 8.05. The first kappa shape index (κ1) is 15.3. The van der Waals surface area contributed by atoms with Gasteiger partial charge in [0.2, 0.25) is 0 Å². The second-order valence-electron chi connectivity index (χ2n) is 6.08. The van der Waals surface area contributed by atoms with Crippen molar-refractivity contribution in [2.45, 2.75) is 20.8 Å². The Morgan fingerprint density at radius 2 is 1.13 bits per heavy atom. The van der Waals surface area contributed by atoms with Crippen LogP contribution in [-0.2, 0) is 0 Å². The molecule has 23 heavy (non-hydrogen) atoms. The Morgan fingerprint density at radius 1 is 0.522 bits per heavy atom. The van der Waals surface area contributed by atoms with E-state index in [0.717, 1.165) is 0 Å². The summed E-state index contributed by atoms with van der Waals surface area (Å²) >= 11 is 0. The molecule has 0 saturated heterocycles. The minimum absolute atomic E-state index is 1.32. The molecule has 0 saturated carbocycles. The highest BCUT2D eigenvalue weighted by Gasteiger charge is 1.97. The van der Waals surface area contributed by atoms with E-state index in [1.165, 1.54) is 38.2 Å². The number of aryl methyl sites for hydroxylation is 3. The van der Waals surface area contributed by atoms with Crippen LogP contribution in [-0.4, -0.2) is 0 Å². The first-order valence-electron chi connectivity index (χ1n) is 8.05. The minimum atomic E-state index is 1.32. The van der Waals surface area contributed by atoms with Crippen molar-refractivity contribution in [3.63, 3.8) is 0 Å². The lowest BCUT2D eigenvalue weighted by atomic mass is 10.0. The van der Waals surface area contributed by atoms with Crippen LogP contribution in [0.5, 0.6) is 0 Å². The van der Waals surface area contributed by atoms with Crippen LogP contribution < -0.4 is 0 Å². The molecule has 0 unspecified atom stereocenters. The molecule has 0 N–H and O–H groups in total. The Bertz CT molecular complexity index is 948. The molecule has 0 aromatic heterocycles. The van der Waals surface area contributed by atoms with Gasteiger partial charge in [-0.25, -0.2) is 0 Å². The zero-order valence-corrected chi connectivity index (χ0v) is 14.0. The number of hydrogen-bond acceptors (Lipinski definition) is 0. The Balaban J connectivity index is 0.000000136. The van der Waals surface area contributed by atoms with E-state index in [9.17, 15) is 0 Å². The van der Waals surface area contributed by atoms with E-state index in [1.54, 1.807) is 0 Å². The second-order valence-corrected chi connectivity index (χ2v) is 6.08. The van der Waals surface area contributed by atoms with Gasteiger partial charge in [0.15, 0.2) is 0 Å². The number of fused-ring (bicyclic) bond motifs is 2. The average molecular weight is 298 g/mol. The molecule has 4 aromatic carbocycles. The van der Waals surface area contributed by atoms with Gasteiger partial charge in [0, 0.05) is 0 Å². The van der Waals surface area contributed by atoms with Gasteiger partial charge in [0.1, 0.15) is 0 Å².